The Bertz CT molecular complexity index is 598. The fourth-order valence-electron chi connectivity index (χ4n) is 2.03. The summed E-state index contributed by atoms with van der Waals surface area (Å²) in [5.41, 5.74) is 12.6. The first kappa shape index (κ1) is 11.4. The number of benzene rings is 1. The maximum absolute atomic E-state index is 11.5. The zero-order valence-electron chi connectivity index (χ0n) is 10.2. The number of carbonyl (C=O) groups excluding carboxylic acids is 1. The molecular formula is C12H16N4O. The molecule has 2 aromatic rings. The number of amides is 1. The lowest BCUT2D eigenvalue weighted by atomic mass is 10.0. The second kappa shape index (κ2) is 3.48. The Morgan fingerprint density at radius 2 is 2.06 bits per heavy atom. The van der Waals surface area contributed by atoms with Crippen molar-refractivity contribution in [2.75, 3.05) is 5.73 Å². The van der Waals surface area contributed by atoms with E-state index < -0.39 is 11.4 Å². The van der Waals surface area contributed by atoms with Gasteiger partial charge in [0.2, 0.25) is 5.91 Å². The van der Waals surface area contributed by atoms with Crippen molar-refractivity contribution in [1.82, 2.24) is 9.55 Å². The number of nitrogens with zero attached hydrogens (tertiary/aromatic N) is 2. The molecule has 0 bridgehead atoms. The van der Waals surface area contributed by atoms with Crippen molar-refractivity contribution in [3.8, 4) is 0 Å². The molecule has 1 aromatic heterocycles. The highest BCUT2D eigenvalue weighted by Gasteiger charge is 2.30. The normalized spacial score (nSPS) is 11.9. The summed E-state index contributed by atoms with van der Waals surface area (Å²) in [5.74, 6) is 0.353. The number of aromatic nitrogens is 2. The van der Waals surface area contributed by atoms with Gasteiger partial charge >= 0.3 is 0 Å². The first-order chi connectivity index (χ1) is 7.84. The number of anilines is 1. The van der Waals surface area contributed by atoms with Gasteiger partial charge in [-0.05, 0) is 39.0 Å². The van der Waals surface area contributed by atoms with E-state index in [4.69, 9.17) is 11.5 Å². The Kier molecular flexibility index (Phi) is 2.34. The molecule has 0 aliphatic heterocycles. The van der Waals surface area contributed by atoms with Crippen LogP contribution in [0, 0.1) is 6.92 Å². The molecule has 90 valence electrons. The van der Waals surface area contributed by atoms with Crippen molar-refractivity contribution in [3.05, 3.63) is 24.0 Å². The summed E-state index contributed by atoms with van der Waals surface area (Å²) in [6.07, 6.45) is 0. The van der Waals surface area contributed by atoms with E-state index in [1.165, 1.54) is 0 Å². The standard InChI is InChI=1S/C12H16N4O/c1-7-15-9-6-8(13)4-5-10(9)16(7)12(2,3)11(14)17/h4-6H,13H2,1-3H3,(H2,14,17). The van der Waals surface area contributed by atoms with E-state index in [1.807, 2.05) is 17.6 Å². The molecule has 0 radical (unpaired) electrons. The van der Waals surface area contributed by atoms with Gasteiger partial charge in [-0.1, -0.05) is 0 Å². The number of imidazole rings is 1. The lowest BCUT2D eigenvalue weighted by molar-refractivity contribution is -0.124. The molecule has 0 unspecified atom stereocenters. The molecule has 0 saturated carbocycles. The van der Waals surface area contributed by atoms with Gasteiger partial charge in [0, 0.05) is 5.69 Å². The Morgan fingerprint density at radius 1 is 1.41 bits per heavy atom. The average Bonchev–Trinajstić information content (AvgIpc) is 2.53. The van der Waals surface area contributed by atoms with E-state index in [1.54, 1.807) is 26.0 Å². The van der Waals surface area contributed by atoms with Crippen LogP contribution in [0.4, 0.5) is 5.69 Å². The van der Waals surface area contributed by atoms with Crippen molar-refractivity contribution < 1.29 is 4.79 Å². The van der Waals surface area contributed by atoms with Gasteiger partial charge < -0.3 is 16.0 Å². The minimum absolute atomic E-state index is 0.392. The molecule has 2 rings (SSSR count). The Labute approximate surface area is 99.4 Å². The van der Waals surface area contributed by atoms with E-state index >= 15 is 0 Å². The first-order valence-corrected chi connectivity index (χ1v) is 5.39. The molecular weight excluding hydrogens is 216 g/mol. The molecule has 0 saturated heterocycles. The number of rotatable bonds is 2. The molecule has 1 aromatic carbocycles. The minimum Gasteiger partial charge on any atom is -0.399 e. The summed E-state index contributed by atoms with van der Waals surface area (Å²) >= 11 is 0. The highest BCUT2D eigenvalue weighted by Crippen LogP contribution is 2.26. The molecule has 5 nitrogen and oxygen atoms in total. The predicted octanol–water partition coefficient (Wildman–Crippen LogP) is 1.15. The topological polar surface area (TPSA) is 86.9 Å². The number of aryl methyl sites for hydroxylation is 1. The summed E-state index contributed by atoms with van der Waals surface area (Å²) in [7, 11) is 0. The number of carbonyl (C=O) groups is 1. The summed E-state index contributed by atoms with van der Waals surface area (Å²) in [5, 5.41) is 0. The van der Waals surface area contributed by atoms with Gasteiger partial charge in [0.1, 0.15) is 11.4 Å². The van der Waals surface area contributed by atoms with E-state index in [0.717, 1.165) is 16.9 Å². The molecule has 5 heteroatoms. The molecule has 0 aliphatic carbocycles. The van der Waals surface area contributed by atoms with Crippen molar-refractivity contribution >= 4 is 22.6 Å². The third-order valence-electron chi connectivity index (χ3n) is 3.01. The van der Waals surface area contributed by atoms with E-state index in [0.29, 0.717) is 5.69 Å². The highest BCUT2D eigenvalue weighted by molar-refractivity contribution is 5.86. The van der Waals surface area contributed by atoms with Crippen LogP contribution in [0.15, 0.2) is 18.2 Å². The van der Waals surface area contributed by atoms with Gasteiger partial charge in [-0.2, -0.15) is 0 Å². The molecule has 17 heavy (non-hydrogen) atoms. The fraction of sp³-hybridized carbons (Fsp3) is 0.333. The molecule has 0 aliphatic rings. The second-order valence-corrected chi connectivity index (χ2v) is 4.67. The summed E-state index contributed by atoms with van der Waals surface area (Å²) in [6, 6.07) is 5.43. The molecule has 0 atom stereocenters. The van der Waals surface area contributed by atoms with Gasteiger partial charge in [-0.3, -0.25) is 4.79 Å². The van der Waals surface area contributed by atoms with Crippen LogP contribution in [-0.2, 0) is 10.3 Å². The third kappa shape index (κ3) is 1.63. The van der Waals surface area contributed by atoms with Crippen LogP contribution in [-0.4, -0.2) is 15.5 Å². The van der Waals surface area contributed by atoms with Gasteiger partial charge in [0.05, 0.1) is 11.0 Å². The van der Waals surface area contributed by atoms with E-state index in [9.17, 15) is 4.79 Å². The van der Waals surface area contributed by atoms with Crippen LogP contribution in [0.3, 0.4) is 0 Å². The lowest BCUT2D eigenvalue weighted by Gasteiger charge is -2.25. The van der Waals surface area contributed by atoms with Crippen molar-refractivity contribution in [2.24, 2.45) is 5.73 Å². The van der Waals surface area contributed by atoms with Crippen LogP contribution in [0.5, 0.6) is 0 Å². The second-order valence-electron chi connectivity index (χ2n) is 4.67. The zero-order valence-corrected chi connectivity index (χ0v) is 10.2. The Hall–Kier alpha value is -2.04. The third-order valence-corrected chi connectivity index (χ3v) is 3.01. The van der Waals surface area contributed by atoms with Gasteiger partial charge in [-0.25, -0.2) is 4.98 Å². The van der Waals surface area contributed by atoms with Crippen molar-refractivity contribution in [1.29, 1.82) is 0 Å². The number of fused-ring (bicyclic) bond motifs is 1. The maximum atomic E-state index is 11.5. The predicted molar refractivity (Wildman–Crippen MR) is 67.4 cm³/mol. The zero-order chi connectivity index (χ0) is 12.8. The summed E-state index contributed by atoms with van der Waals surface area (Å²) in [6.45, 7) is 5.40. The largest absolute Gasteiger partial charge is 0.399 e. The van der Waals surface area contributed by atoms with Gasteiger partial charge in [0.25, 0.3) is 0 Å². The molecule has 4 N–H and O–H groups in total. The summed E-state index contributed by atoms with van der Waals surface area (Å²) < 4.78 is 1.84. The quantitative estimate of drug-likeness (QED) is 0.761. The number of hydrogen-bond donors (Lipinski definition) is 2. The van der Waals surface area contributed by atoms with E-state index in [2.05, 4.69) is 4.98 Å². The number of primary amides is 1. The molecule has 1 heterocycles. The first-order valence-electron chi connectivity index (χ1n) is 5.39. The molecule has 1 amide bonds. The summed E-state index contributed by atoms with van der Waals surface area (Å²) in [4.78, 5) is 15.9. The van der Waals surface area contributed by atoms with Crippen LogP contribution in [0.25, 0.3) is 11.0 Å². The van der Waals surface area contributed by atoms with Gasteiger partial charge in [0.15, 0.2) is 0 Å². The van der Waals surface area contributed by atoms with Crippen LogP contribution < -0.4 is 11.5 Å². The Balaban J connectivity index is 2.78. The smallest absolute Gasteiger partial charge is 0.243 e. The average molecular weight is 232 g/mol. The minimum atomic E-state index is -0.811. The van der Waals surface area contributed by atoms with Crippen LogP contribution in [0.2, 0.25) is 0 Å². The van der Waals surface area contributed by atoms with Crippen LogP contribution in [0.1, 0.15) is 19.7 Å². The molecule has 0 spiro atoms. The number of nitrogens with two attached hydrogens (primary N) is 2. The fourth-order valence-corrected chi connectivity index (χ4v) is 2.03. The maximum Gasteiger partial charge on any atom is 0.243 e. The van der Waals surface area contributed by atoms with Crippen molar-refractivity contribution in [3.63, 3.8) is 0 Å². The van der Waals surface area contributed by atoms with Crippen molar-refractivity contribution in [2.45, 2.75) is 26.3 Å². The number of hydrogen-bond acceptors (Lipinski definition) is 3. The SMILES string of the molecule is Cc1nc2cc(N)ccc2n1C(C)(C)C(N)=O. The Morgan fingerprint density at radius 3 is 2.65 bits per heavy atom. The monoisotopic (exact) mass is 232 g/mol. The van der Waals surface area contributed by atoms with E-state index in [-0.39, 0.29) is 0 Å². The van der Waals surface area contributed by atoms with Gasteiger partial charge in [-0.15, -0.1) is 0 Å². The molecule has 0 fully saturated rings. The highest BCUT2D eigenvalue weighted by atomic mass is 16.1. The van der Waals surface area contributed by atoms with Crippen LogP contribution >= 0.6 is 0 Å². The lowest BCUT2D eigenvalue weighted by Crippen LogP contribution is -2.41. The number of nitrogen functional groups attached to an aromatic ring is 1.